The number of hydrogen-bond donors (Lipinski definition) is 1. The normalized spacial score (nSPS) is 11.2. The molecule has 4 heteroatoms. The molecule has 0 unspecified atom stereocenters. The van der Waals surface area contributed by atoms with Gasteiger partial charge in [-0.1, -0.05) is 37.6 Å². The van der Waals surface area contributed by atoms with Crippen molar-refractivity contribution in [3.8, 4) is 0 Å². The fraction of sp³-hybridized carbons (Fsp3) is 0.375. The summed E-state index contributed by atoms with van der Waals surface area (Å²) in [6, 6.07) is 9.15. The van der Waals surface area contributed by atoms with Crippen molar-refractivity contribution in [3.05, 3.63) is 58.6 Å². The minimum atomic E-state index is -0.330. The maximum Gasteiger partial charge on any atom is 0.146 e. The van der Waals surface area contributed by atoms with Crippen molar-refractivity contribution in [1.82, 2.24) is 9.88 Å². The number of halogens is 2. The molecular weight excluding hydrogens is 275 g/mol. The summed E-state index contributed by atoms with van der Waals surface area (Å²) < 4.78 is 16.0. The predicted molar refractivity (Wildman–Crippen MR) is 81.5 cm³/mol. The molecule has 1 aromatic carbocycles. The van der Waals surface area contributed by atoms with Crippen molar-refractivity contribution in [2.75, 3.05) is 6.54 Å². The Morgan fingerprint density at radius 1 is 1.25 bits per heavy atom. The molecule has 0 bridgehead atoms. The third kappa shape index (κ3) is 3.84. The van der Waals surface area contributed by atoms with E-state index in [1.807, 2.05) is 16.8 Å². The van der Waals surface area contributed by atoms with Gasteiger partial charge in [0.05, 0.1) is 11.6 Å². The van der Waals surface area contributed by atoms with E-state index in [1.165, 1.54) is 0 Å². The topological polar surface area (TPSA) is 17.0 Å². The van der Waals surface area contributed by atoms with Gasteiger partial charge < -0.3 is 9.88 Å². The van der Waals surface area contributed by atoms with Crippen LogP contribution in [-0.4, -0.2) is 11.1 Å². The number of benzene rings is 1. The number of rotatable bonds is 6. The molecule has 0 aliphatic rings. The lowest BCUT2D eigenvalue weighted by Crippen LogP contribution is -2.21. The van der Waals surface area contributed by atoms with Gasteiger partial charge in [-0.05, 0) is 30.7 Å². The zero-order valence-corrected chi connectivity index (χ0v) is 12.6. The van der Waals surface area contributed by atoms with Crippen LogP contribution in [0.25, 0.3) is 0 Å². The van der Waals surface area contributed by atoms with Crippen molar-refractivity contribution in [2.45, 2.75) is 26.9 Å². The van der Waals surface area contributed by atoms with Gasteiger partial charge in [-0.15, -0.1) is 0 Å². The second kappa shape index (κ2) is 6.91. The van der Waals surface area contributed by atoms with Gasteiger partial charge >= 0.3 is 0 Å². The number of nitrogens with one attached hydrogen (secondary N) is 1. The summed E-state index contributed by atoms with van der Waals surface area (Å²) in [6.45, 7) is 6.60. The average molecular weight is 295 g/mol. The smallest absolute Gasteiger partial charge is 0.146 e. The first-order valence-corrected chi connectivity index (χ1v) is 7.23. The van der Waals surface area contributed by atoms with Crippen LogP contribution in [0.3, 0.4) is 0 Å². The van der Waals surface area contributed by atoms with Gasteiger partial charge in [0.2, 0.25) is 0 Å². The van der Waals surface area contributed by atoms with Crippen LogP contribution in [0.15, 0.2) is 36.5 Å². The van der Waals surface area contributed by atoms with Crippen LogP contribution in [0.2, 0.25) is 5.02 Å². The molecular formula is C16H20ClFN2. The molecule has 0 fully saturated rings. The maximum atomic E-state index is 13.9. The van der Waals surface area contributed by atoms with E-state index in [9.17, 15) is 4.39 Å². The molecule has 0 aliphatic heterocycles. The SMILES string of the molecule is CC(C)CNCc1cccn1Cc1cccc(Cl)c1F. The highest BCUT2D eigenvalue weighted by Gasteiger charge is 2.08. The molecule has 0 saturated heterocycles. The molecule has 1 N–H and O–H groups in total. The highest BCUT2D eigenvalue weighted by molar-refractivity contribution is 6.30. The third-order valence-corrected chi connectivity index (χ3v) is 3.45. The standard InChI is InChI=1S/C16H20ClFN2/c1-12(2)9-19-10-14-6-4-8-20(14)11-13-5-3-7-15(17)16(13)18/h3-8,12,19H,9-11H2,1-2H3. The van der Waals surface area contributed by atoms with Gasteiger partial charge in [0.1, 0.15) is 5.82 Å². The molecule has 1 aromatic heterocycles. The first kappa shape index (κ1) is 15.1. The van der Waals surface area contributed by atoms with Crippen molar-refractivity contribution in [1.29, 1.82) is 0 Å². The lowest BCUT2D eigenvalue weighted by Gasteiger charge is -2.12. The quantitative estimate of drug-likeness (QED) is 0.849. The molecule has 0 amide bonds. The summed E-state index contributed by atoms with van der Waals surface area (Å²) >= 11 is 5.82. The zero-order chi connectivity index (χ0) is 14.5. The van der Waals surface area contributed by atoms with Crippen LogP contribution in [0.4, 0.5) is 4.39 Å². The fourth-order valence-corrected chi connectivity index (χ4v) is 2.30. The van der Waals surface area contributed by atoms with E-state index in [4.69, 9.17) is 11.6 Å². The molecule has 108 valence electrons. The Bertz CT molecular complexity index is 563. The molecule has 0 radical (unpaired) electrons. The van der Waals surface area contributed by atoms with E-state index < -0.39 is 0 Å². The van der Waals surface area contributed by atoms with Gasteiger partial charge in [0.15, 0.2) is 0 Å². The Morgan fingerprint density at radius 3 is 2.80 bits per heavy atom. The van der Waals surface area contributed by atoms with Gasteiger partial charge in [-0.25, -0.2) is 4.39 Å². The highest BCUT2D eigenvalue weighted by atomic mass is 35.5. The molecule has 1 heterocycles. The Labute approximate surface area is 124 Å². The van der Waals surface area contributed by atoms with E-state index in [1.54, 1.807) is 18.2 Å². The third-order valence-electron chi connectivity index (χ3n) is 3.15. The predicted octanol–water partition coefficient (Wildman–Crippen LogP) is 4.07. The molecule has 20 heavy (non-hydrogen) atoms. The van der Waals surface area contributed by atoms with E-state index in [0.29, 0.717) is 18.0 Å². The molecule has 2 rings (SSSR count). The van der Waals surface area contributed by atoms with Crippen LogP contribution >= 0.6 is 11.6 Å². The Kier molecular flexibility index (Phi) is 5.21. The first-order chi connectivity index (χ1) is 9.58. The Morgan fingerprint density at radius 2 is 2.05 bits per heavy atom. The number of hydrogen-bond acceptors (Lipinski definition) is 1. The van der Waals surface area contributed by atoms with E-state index in [2.05, 4.69) is 25.2 Å². The van der Waals surface area contributed by atoms with E-state index in [0.717, 1.165) is 18.8 Å². The minimum Gasteiger partial charge on any atom is -0.346 e. The van der Waals surface area contributed by atoms with E-state index in [-0.39, 0.29) is 10.8 Å². The van der Waals surface area contributed by atoms with Crippen molar-refractivity contribution in [3.63, 3.8) is 0 Å². The van der Waals surface area contributed by atoms with Crippen molar-refractivity contribution in [2.24, 2.45) is 5.92 Å². The molecule has 0 atom stereocenters. The largest absolute Gasteiger partial charge is 0.346 e. The maximum absolute atomic E-state index is 13.9. The monoisotopic (exact) mass is 294 g/mol. The summed E-state index contributed by atoms with van der Waals surface area (Å²) in [6.07, 6.45) is 1.97. The van der Waals surface area contributed by atoms with Gasteiger partial charge in [0.25, 0.3) is 0 Å². The van der Waals surface area contributed by atoms with Crippen molar-refractivity contribution >= 4 is 11.6 Å². The lowest BCUT2D eigenvalue weighted by atomic mass is 10.2. The summed E-state index contributed by atoms with van der Waals surface area (Å²) in [5, 5.41) is 3.57. The lowest BCUT2D eigenvalue weighted by molar-refractivity contribution is 0.536. The van der Waals surface area contributed by atoms with Crippen LogP contribution < -0.4 is 5.32 Å². The van der Waals surface area contributed by atoms with Crippen LogP contribution in [0, 0.1) is 11.7 Å². The van der Waals surface area contributed by atoms with Gasteiger partial charge in [0, 0.05) is 24.0 Å². The Balaban J connectivity index is 2.06. The molecule has 0 aliphatic carbocycles. The Hall–Kier alpha value is -1.32. The summed E-state index contributed by atoms with van der Waals surface area (Å²) in [7, 11) is 0. The van der Waals surface area contributed by atoms with Crippen LogP contribution in [0.1, 0.15) is 25.1 Å². The number of aromatic nitrogens is 1. The first-order valence-electron chi connectivity index (χ1n) is 6.85. The molecule has 0 spiro atoms. The summed E-state index contributed by atoms with van der Waals surface area (Å²) in [4.78, 5) is 0. The fourth-order valence-electron chi connectivity index (χ4n) is 2.11. The van der Waals surface area contributed by atoms with Gasteiger partial charge in [-0.2, -0.15) is 0 Å². The van der Waals surface area contributed by atoms with Crippen LogP contribution in [0.5, 0.6) is 0 Å². The second-order valence-electron chi connectivity index (χ2n) is 5.37. The molecule has 0 saturated carbocycles. The second-order valence-corrected chi connectivity index (χ2v) is 5.77. The summed E-state index contributed by atoms with van der Waals surface area (Å²) in [5.74, 6) is 0.285. The highest BCUT2D eigenvalue weighted by Crippen LogP contribution is 2.19. The van der Waals surface area contributed by atoms with E-state index >= 15 is 0 Å². The van der Waals surface area contributed by atoms with Crippen molar-refractivity contribution < 1.29 is 4.39 Å². The molecule has 2 nitrogen and oxygen atoms in total. The zero-order valence-electron chi connectivity index (χ0n) is 11.9. The average Bonchev–Trinajstić information content (AvgIpc) is 2.82. The molecule has 2 aromatic rings. The van der Waals surface area contributed by atoms with Crippen LogP contribution in [-0.2, 0) is 13.1 Å². The minimum absolute atomic E-state index is 0.175. The number of nitrogens with zero attached hydrogens (tertiary/aromatic N) is 1. The summed E-state index contributed by atoms with van der Waals surface area (Å²) in [5.41, 5.74) is 1.75. The van der Waals surface area contributed by atoms with Gasteiger partial charge in [-0.3, -0.25) is 0 Å².